The molecule has 5 rings (SSSR count). The summed E-state index contributed by atoms with van der Waals surface area (Å²) in [5, 5.41) is 9.14. The highest BCUT2D eigenvalue weighted by molar-refractivity contribution is 8.00. The molecule has 12 heteroatoms. The van der Waals surface area contributed by atoms with Crippen LogP contribution in [0.5, 0.6) is 0 Å². The van der Waals surface area contributed by atoms with Gasteiger partial charge in [0.1, 0.15) is 10.7 Å². The fourth-order valence-corrected chi connectivity index (χ4v) is 8.19. The number of benzene rings is 3. The summed E-state index contributed by atoms with van der Waals surface area (Å²) in [6, 6.07) is 20.6. The molecule has 2 atom stereocenters. The van der Waals surface area contributed by atoms with Crippen LogP contribution in [0.15, 0.2) is 83.4 Å². The van der Waals surface area contributed by atoms with E-state index in [-0.39, 0.29) is 16.6 Å². The third-order valence-electron chi connectivity index (χ3n) is 7.98. The first-order valence-electron chi connectivity index (χ1n) is 15.7. The van der Waals surface area contributed by atoms with E-state index in [4.69, 9.17) is 27.9 Å². The maximum absolute atomic E-state index is 13.6. The Kier molecular flexibility index (Phi) is 12.2. The fourth-order valence-electron chi connectivity index (χ4n) is 5.41. The summed E-state index contributed by atoms with van der Waals surface area (Å²) in [4.78, 5) is 54.8. The van der Waals surface area contributed by atoms with Gasteiger partial charge in [-0.15, -0.1) is 23.1 Å². The summed E-state index contributed by atoms with van der Waals surface area (Å²) in [5.74, 6) is -1.23. The van der Waals surface area contributed by atoms with E-state index in [1.807, 2.05) is 13.0 Å². The lowest BCUT2D eigenvalue weighted by molar-refractivity contribution is -0.116. The minimum Gasteiger partial charge on any atom is -0.465 e. The van der Waals surface area contributed by atoms with Crippen LogP contribution in [0.2, 0.25) is 10.0 Å². The molecule has 1 aromatic heterocycles. The summed E-state index contributed by atoms with van der Waals surface area (Å²) in [5.41, 5.74) is 2.66. The van der Waals surface area contributed by atoms with Crippen LogP contribution in [0, 0.1) is 5.92 Å². The van der Waals surface area contributed by atoms with Gasteiger partial charge in [-0.05, 0) is 85.2 Å². The van der Waals surface area contributed by atoms with Crippen molar-refractivity contribution in [3.05, 3.63) is 116 Å². The highest BCUT2D eigenvalue weighted by Crippen LogP contribution is 2.40. The Bertz CT molecular complexity index is 1910. The number of amides is 3. The first kappa shape index (κ1) is 36.2. The zero-order valence-corrected chi connectivity index (χ0v) is 30.2. The standard InChI is InChI=1S/C37H35Cl2N3O5S2/c1-4-29(35(45)42-36-31(37(46)47-3)26-17-16-21(2)18-30(26)49-36)48-25-14-9-13-24(20-25)40-34(44)28(19-23-12-8-15-27(38)32(23)39)41-33(43)22-10-6-5-7-11-22/h5-15,19-21,29H,4,16-18H2,1-3H3,(H,40,44)(H,41,43)(H,42,45)/b28-19+. The molecule has 1 aliphatic carbocycles. The molecule has 3 aromatic carbocycles. The second kappa shape index (κ2) is 16.5. The van der Waals surface area contributed by atoms with Gasteiger partial charge >= 0.3 is 5.97 Å². The van der Waals surface area contributed by atoms with Gasteiger partial charge in [0.25, 0.3) is 11.8 Å². The smallest absolute Gasteiger partial charge is 0.341 e. The van der Waals surface area contributed by atoms with E-state index in [1.54, 1.807) is 66.7 Å². The van der Waals surface area contributed by atoms with Gasteiger partial charge in [0.05, 0.1) is 28.0 Å². The topological polar surface area (TPSA) is 114 Å². The molecular weight excluding hydrogens is 701 g/mol. The molecule has 3 amide bonds. The van der Waals surface area contributed by atoms with Gasteiger partial charge in [-0.2, -0.15) is 0 Å². The highest BCUT2D eigenvalue weighted by Gasteiger charge is 2.30. The molecule has 4 aromatic rings. The first-order valence-corrected chi connectivity index (χ1v) is 18.2. The van der Waals surface area contributed by atoms with Gasteiger partial charge in [0.2, 0.25) is 5.91 Å². The van der Waals surface area contributed by atoms with Crippen molar-refractivity contribution < 1.29 is 23.9 Å². The number of esters is 1. The maximum Gasteiger partial charge on any atom is 0.341 e. The summed E-state index contributed by atoms with van der Waals surface area (Å²) < 4.78 is 5.08. The van der Waals surface area contributed by atoms with Crippen LogP contribution < -0.4 is 16.0 Å². The number of anilines is 2. The van der Waals surface area contributed by atoms with Gasteiger partial charge in [0.15, 0.2) is 0 Å². The normalized spacial score (nSPS) is 14.7. The van der Waals surface area contributed by atoms with E-state index in [0.717, 1.165) is 34.6 Å². The van der Waals surface area contributed by atoms with Crippen LogP contribution in [0.25, 0.3) is 6.08 Å². The molecule has 0 saturated heterocycles. The Morgan fingerprint density at radius 3 is 2.51 bits per heavy atom. The molecule has 0 radical (unpaired) electrons. The monoisotopic (exact) mass is 735 g/mol. The zero-order valence-electron chi connectivity index (χ0n) is 27.1. The summed E-state index contributed by atoms with van der Waals surface area (Å²) >= 11 is 15.4. The predicted octanol–water partition coefficient (Wildman–Crippen LogP) is 8.89. The average molecular weight is 737 g/mol. The second-order valence-corrected chi connectivity index (χ2v) is 14.7. The van der Waals surface area contributed by atoms with Crippen molar-refractivity contribution in [3.8, 4) is 0 Å². The van der Waals surface area contributed by atoms with Crippen LogP contribution >= 0.6 is 46.3 Å². The number of rotatable bonds is 11. The van der Waals surface area contributed by atoms with Crippen molar-refractivity contribution in [2.24, 2.45) is 5.92 Å². The lowest BCUT2D eigenvalue weighted by atomic mass is 9.88. The predicted molar refractivity (Wildman–Crippen MR) is 199 cm³/mol. The molecule has 0 saturated carbocycles. The molecule has 0 fully saturated rings. The SMILES string of the molecule is CCC(Sc1cccc(NC(=O)/C(=C\c2cccc(Cl)c2Cl)NC(=O)c2ccccc2)c1)C(=O)Nc1sc2c(c1C(=O)OC)CCC(C)C2. The quantitative estimate of drug-likeness (QED) is 0.0806. The van der Waals surface area contributed by atoms with Crippen LogP contribution in [0.3, 0.4) is 0 Å². The molecular formula is C37H35Cl2N3O5S2. The number of thiophene rings is 1. The van der Waals surface area contributed by atoms with E-state index >= 15 is 0 Å². The van der Waals surface area contributed by atoms with Crippen LogP contribution in [0.1, 0.15) is 63.4 Å². The number of halogens is 2. The number of methoxy groups -OCH3 is 1. The number of hydrogen-bond acceptors (Lipinski definition) is 7. The van der Waals surface area contributed by atoms with Crippen molar-refractivity contribution >= 4 is 86.8 Å². The van der Waals surface area contributed by atoms with Crippen molar-refractivity contribution in [2.75, 3.05) is 17.7 Å². The first-order chi connectivity index (χ1) is 23.6. The number of fused-ring (bicyclic) bond motifs is 1. The van der Waals surface area contributed by atoms with E-state index in [2.05, 4.69) is 22.9 Å². The van der Waals surface area contributed by atoms with Crippen molar-refractivity contribution in [3.63, 3.8) is 0 Å². The van der Waals surface area contributed by atoms with Crippen LogP contribution in [0.4, 0.5) is 10.7 Å². The summed E-state index contributed by atoms with van der Waals surface area (Å²) in [6.07, 6.45) is 4.60. The lowest BCUT2D eigenvalue weighted by Gasteiger charge is -2.18. The Morgan fingerprint density at radius 1 is 1.02 bits per heavy atom. The molecule has 49 heavy (non-hydrogen) atoms. The minimum atomic E-state index is -0.585. The molecule has 1 heterocycles. The van der Waals surface area contributed by atoms with Gasteiger partial charge in [-0.25, -0.2) is 4.79 Å². The molecule has 8 nitrogen and oxygen atoms in total. The zero-order chi connectivity index (χ0) is 35.1. The van der Waals surface area contributed by atoms with Crippen molar-refractivity contribution in [1.82, 2.24) is 5.32 Å². The molecule has 0 spiro atoms. The second-order valence-electron chi connectivity index (χ2n) is 11.6. The summed E-state index contributed by atoms with van der Waals surface area (Å²) in [7, 11) is 1.35. The number of nitrogens with one attached hydrogen (secondary N) is 3. The fraction of sp³-hybridized carbons (Fsp3) is 0.243. The van der Waals surface area contributed by atoms with Crippen molar-refractivity contribution in [1.29, 1.82) is 0 Å². The Morgan fingerprint density at radius 2 is 1.78 bits per heavy atom. The minimum absolute atomic E-state index is 0.0451. The number of ether oxygens (including phenoxy) is 1. The van der Waals surface area contributed by atoms with E-state index in [1.165, 1.54) is 36.3 Å². The van der Waals surface area contributed by atoms with Gasteiger partial charge in [-0.1, -0.05) is 73.4 Å². The van der Waals surface area contributed by atoms with E-state index in [0.29, 0.717) is 44.7 Å². The Labute approximate surface area is 303 Å². The van der Waals surface area contributed by atoms with Gasteiger partial charge in [0, 0.05) is 21.0 Å². The van der Waals surface area contributed by atoms with E-state index in [9.17, 15) is 19.2 Å². The Hall–Kier alpha value is -4.09. The summed E-state index contributed by atoms with van der Waals surface area (Å²) in [6.45, 7) is 4.10. The molecule has 0 aliphatic heterocycles. The van der Waals surface area contributed by atoms with Crippen LogP contribution in [-0.2, 0) is 27.2 Å². The molecule has 2 unspecified atom stereocenters. The highest BCUT2D eigenvalue weighted by atomic mass is 35.5. The molecule has 1 aliphatic rings. The number of thioether (sulfide) groups is 1. The Balaban J connectivity index is 1.33. The third kappa shape index (κ3) is 8.93. The largest absolute Gasteiger partial charge is 0.465 e. The van der Waals surface area contributed by atoms with Gasteiger partial charge < -0.3 is 20.7 Å². The van der Waals surface area contributed by atoms with Crippen molar-refractivity contribution in [2.45, 2.75) is 49.7 Å². The number of carbonyl (C=O) groups is 4. The number of carbonyl (C=O) groups excluding carboxylic acids is 4. The van der Waals surface area contributed by atoms with E-state index < -0.39 is 23.0 Å². The third-order valence-corrected chi connectivity index (χ3v) is 11.3. The lowest BCUT2D eigenvalue weighted by Crippen LogP contribution is -2.30. The average Bonchev–Trinajstić information content (AvgIpc) is 3.45. The van der Waals surface area contributed by atoms with Gasteiger partial charge in [-0.3, -0.25) is 14.4 Å². The molecule has 254 valence electrons. The van der Waals surface area contributed by atoms with Crippen LogP contribution in [-0.4, -0.2) is 36.1 Å². The molecule has 0 bridgehead atoms. The molecule has 3 N–H and O–H groups in total. The number of hydrogen-bond donors (Lipinski definition) is 3. The maximum atomic E-state index is 13.6.